The van der Waals surface area contributed by atoms with Gasteiger partial charge in [-0.2, -0.15) is 10.5 Å². The predicted octanol–water partition coefficient (Wildman–Crippen LogP) is 2.66. The number of phenolic OH excluding ortho intramolecular Hbond substituents is 1. The number of amides is 2. The predicted molar refractivity (Wildman–Crippen MR) is 189 cm³/mol. The minimum atomic E-state index is -0.679. The van der Waals surface area contributed by atoms with Gasteiger partial charge in [0.2, 0.25) is 11.8 Å². The van der Waals surface area contributed by atoms with Crippen molar-refractivity contribution in [3.63, 3.8) is 0 Å². The topological polar surface area (TPSA) is 183 Å². The fraction of sp³-hybridized carbons (Fsp3) is 0.273. The molecule has 3 rings (SSSR count). The molecule has 0 saturated carbocycles. The van der Waals surface area contributed by atoms with Crippen LogP contribution in [0.15, 0.2) is 78.9 Å². The van der Waals surface area contributed by atoms with Crippen LogP contribution in [0.3, 0.4) is 0 Å². The zero-order valence-corrected chi connectivity index (χ0v) is 27.7. The van der Waals surface area contributed by atoms with Crippen LogP contribution in [-0.4, -0.2) is 66.0 Å². The van der Waals surface area contributed by atoms with E-state index in [1.807, 2.05) is 49.4 Å². The third-order valence-electron chi connectivity index (χ3n) is 6.27. The number of nitrogens with one attached hydrogen (secondary N) is 6. The number of rotatable bonds is 13. The standard InChI is InChI=1S/C19H20N4O3S.C14H18N4OS/c1-26-16-8-4-14(5-9-16)22-19(27)23-17(18(25)21-11-10-20)12-13-2-6-15(24)7-3-13;1-2-16-14(20)18-12(13(19)17-9-8-15)10-11-6-4-3-5-7-11/h2-9,17,24H,11-12H2,1H3,(H,21,25)(H2,22,23,27);3-7,12H,2,9-10H2,1H3,(H,17,19)(H2,16,18,20). The van der Waals surface area contributed by atoms with Gasteiger partial charge in [0.05, 0.1) is 19.2 Å². The molecule has 14 heteroatoms. The van der Waals surface area contributed by atoms with E-state index >= 15 is 0 Å². The molecule has 2 atom stereocenters. The van der Waals surface area contributed by atoms with Crippen molar-refractivity contribution < 1.29 is 19.4 Å². The summed E-state index contributed by atoms with van der Waals surface area (Å²) < 4.78 is 5.11. The molecule has 0 aromatic heterocycles. The molecule has 7 N–H and O–H groups in total. The van der Waals surface area contributed by atoms with Gasteiger partial charge in [0.1, 0.15) is 36.7 Å². The summed E-state index contributed by atoms with van der Waals surface area (Å²) in [6.45, 7) is 2.50. The molecule has 3 aromatic carbocycles. The highest BCUT2D eigenvalue weighted by Gasteiger charge is 2.21. The van der Waals surface area contributed by atoms with E-state index in [-0.39, 0.29) is 35.8 Å². The van der Waals surface area contributed by atoms with E-state index in [2.05, 4.69) is 31.9 Å². The molecule has 0 aliphatic heterocycles. The fourth-order valence-corrected chi connectivity index (χ4v) is 4.55. The van der Waals surface area contributed by atoms with Crippen molar-refractivity contribution in [1.82, 2.24) is 26.6 Å². The minimum absolute atomic E-state index is 0.0141. The number of hydrogen-bond donors (Lipinski definition) is 7. The molecule has 47 heavy (non-hydrogen) atoms. The number of hydrogen-bond acceptors (Lipinski definition) is 8. The molecule has 0 fully saturated rings. The van der Waals surface area contributed by atoms with E-state index in [1.165, 1.54) is 0 Å². The van der Waals surface area contributed by atoms with Gasteiger partial charge in [-0.05, 0) is 78.9 Å². The molecular weight excluding hydrogens is 637 g/mol. The summed E-state index contributed by atoms with van der Waals surface area (Å²) in [7, 11) is 1.59. The first-order chi connectivity index (χ1) is 22.7. The number of carbonyl (C=O) groups excluding carboxylic acids is 2. The minimum Gasteiger partial charge on any atom is -0.508 e. The summed E-state index contributed by atoms with van der Waals surface area (Å²) in [5.41, 5.74) is 2.61. The van der Waals surface area contributed by atoms with Crippen LogP contribution < -0.4 is 36.6 Å². The van der Waals surface area contributed by atoms with Gasteiger partial charge in [0.25, 0.3) is 0 Å². The second-order valence-corrected chi connectivity index (χ2v) is 10.6. The molecule has 0 saturated heterocycles. The van der Waals surface area contributed by atoms with Crippen molar-refractivity contribution in [2.45, 2.75) is 31.8 Å². The van der Waals surface area contributed by atoms with E-state index in [4.69, 9.17) is 39.7 Å². The molecule has 0 radical (unpaired) electrons. The lowest BCUT2D eigenvalue weighted by Gasteiger charge is -2.20. The molecule has 2 amide bonds. The van der Waals surface area contributed by atoms with Crippen molar-refractivity contribution in [3.8, 4) is 23.6 Å². The van der Waals surface area contributed by atoms with Crippen LogP contribution in [0.1, 0.15) is 18.1 Å². The van der Waals surface area contributed by atoms with Crippen molar-refractivity contribution in [1.29, 1.82) is 10.5 Å². The Bertz CT molecular complexity index is 1530. The number of nitrogens with zero attached hydrogens (tertiary/aromatic N) is 2. The molecule has 0 bridgehead atoms. The van der Waals surface area contributed by atoms with Crippen LogP contribution in [0.4, 0.5) is 5.69 Å². The number of benzene rings is 3. The molecule has 12 nitrogen and oxygen atoms in total. The van der Waals surface area contributed by atoms with Crippen molar-refractivity contribution >= 4 is 52.2 Å². The van der Waals surface area contributed by atoms with E-state index in [9.17, 15) is 14.7 Å². The second kappa shape index (κ2) is 21.3. The van der Waals surface area contributed by atoms with Gasteiger partial charge in [0.15, 0.2) is 10.2 Å². The Kier molecular flexibility index (Phi) is 17.1. The summed E-state index contributed by atoms with van der Waals surface area (Å²) >= 11 is 10.4. The maximum atomic E-state index is 12.4. The number of nitriles is 2. The third-order valence-corrected chi connectivity index (χ3v) is 6.75. The summed E-state index contributed by atoms with van der Waals surface area (Å²) in [4.78, 5) is 24.4. The maximum absolute atomic E-state index is 12.4. The van der Waals surface area contributed by atoms with Crippen molar-refractivity contribution in [2.24, 2.45) is 0 Å². The Balaban J connectivity index is 0.000000343. The first-order valence-electron chi connectivity index (χ1n) is 14.6. The number of ether oxygens (including phenoxy) is 1. The molecule has 0 heterocycles. The molecule has 0 aliphatic carbocycles. The first-order valence-corrected chi connectivity index (χ1v) is 15.4. The smallest absolute Gasteiger partial charge is 0.243 e. The number of aromatic hydroxyl groups is 1. The van der Waals surface area contributed by atoms with Crippen LogP contribution >= 0.6 is 24.4 Å². The second-order valence-electron chi connectivity index (χ2n) is 9.75. The number of phenols is 1. The maximum Gasteiger partial charge on any atom is 0.243 e. The molecule has 246 valence electrons. The average molecular weight is 675 g/mol. The van der Waals surface area contributed by atoms with Crippen molar-refractivity contribution in [2.75, 3.05) is 32.1 Å². The Labute approximate surface area is 285 Å². The van der Waals surface area contributed by atoms with E-state index in [0.29, 0.717) is 24.5 Å². The van der Waals surface area contributed by atoms with Gasteiger partial charge < -0.3 is 41.7 Å². The lowest BCUT2D eigenvalue weighted by atomic mass is 10.1. The highest BCUT2D eigenvalue weighted by atomic mass is 32.1. The molecular formula is C33H38N8O4S2. The molecule has 0 aliphatic rings. The Morgan fingerprint density at radius 3 is 1.77 bits per heavy atom. The quantitative estimate of drug-likeness (QED) is 0.104. The number of carbonyl (C=O) groups is 2. The molecule has 3 aromatic rings. The average Bonchev–Trinajstić information content (AvgIpc) is 3.07. The van der Waals surface area contributed by atoms with Gasteiger partial charge in [-0.3, -0.25) is 9.59 Å². The van der Waals surface area contributed by atoms with Crippen LogP contribution in [0.5, 0.6) is 11.5 Å². The lowest BCUT2D eigenvalue weighted by Crippen LogP contribution is -2.51. The van der Waals surface area contributed by atoms with Crippen LogP contribution in [0, 0.1) is 22.7 Å². The summed E-state index contributed by atoms with van der Waals surface area (Å²) in [5.74, 6) is 0.286. The van der Waals surface area contributed by atoms with E-state index < -0.39 is 12.1 Å². The highest BCUT2D eigenvalue weighted by Crippen LogP contribution is 2.15. The highest BCUT2D eigenvalue weighted by molar-refractivity contribution is 7.80. The summed E-state index contributed by atoms with van der Waals surface area (Å²) in [6, 6.07) is 26.0. The van der Waals surface area contributed by atoms with Gasteiger partial charge >= 0.3 is 0 Å². The Morgan fingerprint density at radius 2 is 1.28 bits per heavy atom. The summed E-state index contributed by atoms with van der Waals surface area (Å²) in [5, 5.41) is 44.3. The number of thiocarbonyl (C=S) groups is 2. The zero-order chi connectivity index (χ0) is 34.4. The molecule has 0 spiro atoms. The normalized spacial score (nSPS) is 11.0. The van der Waals surface area contributed by atoms with Crippen LogP contribution in [0.25, 0.3) is 0 Å². The van der Waals surface area contributed by atoms with Gasteiger partial charge in [-0.25, -0.2) is 0 Å². The first kappa shape index (κ1) is 37.7. The summed E-state index contributed by atoms with van der Waals surface area (Å²) in [6.07, 6.45) is 0.839. The van der Waals surface area contributed by atoms with Crippen LogP contribution in [-0.2, 0) is 22.4 Å². The third kappa shape index (κ3) is 14.9. The molecule has 2 unspecified atom stereocenters. The van der Waals surface area contributed by atoms with E-state index in [0.717, 1.165) is 22.6 Å². The lowest BCUT2D eigenvalue weighted by molar-refractivity contribution is -0.123. The van der Waals surface area contributed by atoms with Gasteiger partial charge in [-0.1, -0.05) is 42.5 Å². The Hall–Kier alpha value is -5.44. The largest absolute Gasteiger partial charge is 0.508 e. The number of methoxy groups -OCH3 is 1. The zero-order valence-electron chi connectivity index (χ0n) is 26.1. The SMILES string of the molecule is CCNC(=S)NC(Cc1ccccc1)C(=O)NCC#N.COc1ccc(NC(=S)NC(Cc2ccc(O)cc2)C(=O)NCC#N)cc1. The fourth-order valence-electron chi connectivity index (χ4n) is 4.01. The van der Waals surface area contributed by atoms with Gasteiger partial charge in [0, 0.05) is 25.1 Å². The Morgan fingerprint density at radius 1 is 0.766 bits per heavy atom. The number of anilines is 1. The van der Waals surface area contributed by atoms with Crippen molar-refractivity contribution in [3.05, 3.63) is 90.0 Å². The van der Waals surface area contributed by atoms with Gasteiger partial charge in [-0.15, -0.1) is 0 Å². The monoisotopic (exact) mass is 674 g/mol. The van der Waals surface area contributed by atoms with E-state index in [1.54, 1.807) is 55.6 Å². The van der Waals surface area contributed by atoms with Crippen LogP contribution in [0.2, 0.25) is 0 Å².